The predicted octanol–water partition coefficient (Wildman–Crippen LogP) is 3.61. The van der Waals surface area contributed by atoms with Crippen molar-refractivity contribution in [3.05, 3.63) is 36.5 Å². The van der Waals surface area contributed by atoms with Crippen LogP contribution in [0.4, 0.5) is 9.57 Å². The number of nitrogens with one attached hydrogen (secondary N) is 1. The molecule has 0 bridgehead atoms. The first-order chi connectivity index (χ1) is 5.72. The lowest BCUT2D eigenvalue weighted by Gasteiger charge is -2.04. The maximum atomic E-state index is 12.0. The van der Waals surface area contributed by atoms with Crippen molar-refractivity contribution < 1.29 is 3.89 Å². The quantitative estimate of drug-likeness (QED) is 0.768. The van der Waals surface area contributed by atoms with E-state index in [1.165, 1.54) is 0 Å². The lowest BCUT2D eigenvalue weighted by molar-refractivity contribution is 0.934. The Kier molecular flexibility index (Phi) is 3.17. The maximum absolute atomic E-state index is 12.0. The van der Waals surface area contributed by atoms with Gasteiger partial charge in [0.15, 0.2) is 0 Å². The van der Waals surface area contributed by atoms with Crippen LogP contribution in [0.25, 0.3) is 0 Å². The van der Waals surface area contributed by atoms with Crippen molar-refractivity contribution in [2.75, 3.05) is 5.32 Å². The maximum Gasteiger partial charge on any atom is 0.0812 e. The third-order valence-electron chi connectivity index (χ3n) is 1.30. The lowest BCUT2D eigenvalue weighted by Crippen LogP contribution is -1.92. The first kappa shape index (κ1) is 9.13. The van der Waals surface area contributed by atoms with Crippen LogP contribution in [0.3, 0.4) is 0 Å². The summed E-state index contributed by atoms with van der Waals surface area (Å²) in [5.41, 5.74) is 1.80. The molecule has 0 amide bonds. The second kappa shape index (κ2) is 4.16. The summed E-state index contributed by atoms with van der Waals surface area (Å²) in [6, 6.07) is 7.07. The van der Waals surface area contributed by atoms with Gasteiger partial charge in [-0.1, -0.05) is 6.58 Å². The highest BCUT2D eigenvalue weighted by Gasteiger charge is 1.93. The van der Waals surface area contributed by atoms with Crippen LogP contribution >= 0.6 is 12.1 Å². The molecule has 0 saturated heterocycles. The van der Waals surface area contributed by atoms with E-state index in [1.54, 1.807) is 12.1 Å². The van der Waals surface area contributed by atoms with E-state index in [1.807, 2.05) is 19.1 Å². The van der Waals surface area contributed by atoms with E-state index in [4.69, 9.17) is 0 Å². The Morgan fingerprint density at radius 2 is 2.00 bits per heavy atom. The van der Waals surface area contributed by atoms with Gasteiger partial charge in [-0.2, -0.15) is 3.89 Å². The molecule has 12 heavy (non-hydrogen) atoms. The van der Waals surface area contributed by atoms with Crippen LogP contribution in [-0.2, 0) is 0 Å². The van der Waals surface area contributed by atoms with Crippen molar-refractivity contribution in [2.45, 2.75) is 11.8 Å². The number of benzene rings is 1. The summed E-state index contributed by atoms with van der Waals surface area (Å²) in [5.74, 6) is 0. The Morgan fingerprint density at radius 1 is 1.42 bits per heavy atom. The predicted molar refractivity (Wildman–Crippen MR) is 51.8 cm³/mol. The first-order valence-corrected chi connectivity index (χ1v) is 4.25. The van der Waals surface area contributed by atoms with Gasteiger partial charge < -0.3 is 5.32 Å². The molecule has 0 radical (unpaired) electrons. The molecule has 1 rings (SSSR count). The van der Waals surface area contributed by atoms with Gasteiger partial charge in [0, 0.05) is 16.3 Å². The van der Waals surface area contributed by atoms with Gasteiger partial charge in [0.25, 0.3) is 0 Å². The number of halogens is 1. The standard InChI is InChI=1S/C9H10FNS/c1-7(2)11-8-3-5-9(12-10)6-4-8/h3-6,11H,1H2,2H3. The second-order valence-electron chi connectivity index (χ2n) is 2.51. The summed E-state index contributed by atoms with van der Waals surface area (Å²) in [7, 11) is 0. The summed E-state index contributed by atoms with van der Waals surface area (Å²) in [5, 5.41) is 3.03. The van der Waals surface area contributed by atoms with E-state index < -0.39 is 0 Å². The highest BCUT2D eigenvalue weighted by atomic mass is 32.2. The van der Waals surface area contributed by atoms with E-state index in [-0.39, 0.29) is 12.1 Å². The van der Waals surface area contributed by atoms with Gasteiger partial charge in [-0.3, -0.25) is 0 Å². The molecule has 3 heteroatoms. The second-order valence-corrected chi connectivity index (χ2v) is 3.13. The molecule has 0 aliphatic carbocycles. The average molecular weight is 183 g/mol. The number of hydrogen-bond acceptors (Lipinski definition) is 2. The van der Waals surface area contributed by atoms with Crippen molar-refractivity contribution in [2.24, 2.45) is 0 Å². The molecule has 0 unspecified atom stereocenters. The van der Waals surface area contributed by atoms with Crippen LogP contribution in [0.1, 0.15) is 6.92 Å². The summed E-state index contributed by atoms with van der Waals surface area (Å²) in [6.45, 7) is 5.58. The molecular formula is C9H10FNS. The largest absolute Gasteiger partial charge is 0.360 e. The normalized spacial score (nSPS) is 9.50. The van der Waals surface area contributed by atoms with E-state index in [0.29, 0.717) is 4.90 Å². The van der Waals surface area contributed by atoms with Crippen LogP contribution in [0.15, 0.2) is 41.4 Å². The molecular weight excluding hydrogens is 173 g/mol. The molecule has 0 aliphatic rings. The Morgan fingerprint density at radius 3 is 2.42 bits per heavy atom. The SMILES string of the molecule is C=C(C)Nc1ccc(SF)cc1. The molecule has 1 aromatic carbocycles. The molecule has 1 nitrogen and oxygen atoms in total. The zero-order valence-corrected chi connectivity index (χ0v) is 7.62. The molecule has 0 saturated carbocycles. The van der Waals surface area contributed by atoms with Gasteiger partial charge in [0.2, 0.25) is 0 Å². The highest BCUT2D eigenvalue weighted by molar-refractivity contribution is 7.94. The van der Waals surface area contributed by atoms with E-state index in [0.717, 1.165) is 11.4 Å². The third kappa shape index (κ3) is 2.58. The van der Waals surface area contributed by atoms with E-state index in [9.17, 15) is 3.89 Å². The minimum absolute atomic E-state index is 0.246. The Balaban J connectivity index is 2.71. The first-order valence-electron chi connectivity index (χ1n) is 3.53. The summed E-state index contributed by atoms with van der Waals surface area (Å²) < 4.78 is 12.0. The average Bonchev–Trinajstić information content (AvgIpc) is 2.05. The van der Waals surface area contributed by atoms with Gasteiger partial charge in [-0.25, -0.2) is 0 Å². The van der Waals surface area contributed by atoms with Gasteiger partial charge in [-0.05, 0) is 31.2 Å². The summed E-state index contributed by atoms with van der Waals surface area (Å²) in [4.78, 5) is 0.613. The van der Waals surface area contributed by atoms with Crippen molar-refractivity contribution in [1.82, 2.24) is 0 Å². The zero-order chi connectivity index (χ0) is 8.97. The fraction of sp³-hybridized carbons (Fsp3) is 0.111. The molecule has 0 heterocycles. The zero-order valence-electron chi connectivity index (χ0n) is 6.80. The number of allylic oxidation sites excluding steroid dienone is 1. The minimum atomic E-state index is 0.246. The summed E-state index contributed by atoms with van der Waals surface area (Å²) in [6.07, 6.45) is 0. The Bertz CT molecular complexity index is 268. The van der Waals surface area contributed by atoms with Crippen molar-refractivity contribution in [3.8, 4) is 0 Å². The molecule has 1 aromatic rings. The highest BCUT2D eigenvalue weighted by Crippen LogP contribution is 2.20. The topological polar surface area (TPSA) is 12.0 Å². The monoisotopic (exact) mass is 183 g/mol. The molecule has 0 aromatic heterocycles. The molecule has 0 fully saturated rings. The lowest BCUT2D eigenvalue weighted by atomic mass is 10.3. The van der Waals surface area contributed by atoms with Crippen molar-refractivity contribution >= 4 is 17.8 Å². The molecule has 0 spiro atoms. The fourth-order valence-corrected chi connectivity index (χ4v) is 1.08. The van der Waals surface area contributed by atoms with Crippen LogP contribution < -0.4 is 5.32 Å². The number of rotatable bonds is 3. The van der Waals surface area contributed by atoms with Gasteiger partial charge in [0.05, 0.1) is 12.1 Å². The molecule has 1 N–H and O–H groups in total. The molecule has 0 aliphatic heterocycles. The summed E-state index contributed by atoms with van der Waals surface area (Å²) >= 11 is 0.246. The van der Waals surface area contributed by atoms with Gasteiger partial charge in [-0.15, -0.1) is 0 Å². The van der Waals surface area contributed by atoms with Crippen molar-refractivity contribution in [3.63, 3.8) is 0 Å². The van der Waals surface area contributed by atoms with Crippen LogP contribution in [0.5, 0.6) is 0 Å². The number of hydrogen-bond donors (Lipinski definition) is 1. The van der Waals surface area contributed by atoms with Crippen LogP contribution in [-0.4, -0.2) is 0 Å². The Labute approximate surface area is 76.0 Å². The Hall–Kier alpha value is -0.960. The number of anilines is 1. The molecule has 0 atom stereocenters. The van der Waals surface area contributed by atoms with Gasteiger partial charge >= 0.3 is 0 Å². The third-order valence-corrected chi connectivity index (χ3v) is 1.75. The minimum Gasteiger partial charge on any atom is -0.360 e. The molecule has 64 valence electrons. The van der Waals surface area contributed by atoms with E-state index >= 15 is 0 Å². The fourth-order valence-electron chi connectivity index (χ4n) is 0.836. The van der Waals surface area contributed by atoms with Crippen LogP contribution in [0, 0.1) is 0 Å². The smallest absolute Gasteiger partial charge is 0.0812 e. The van der Waals surface area contributed by atoms with E-state index in [2.05, 4.69) is 11.9 Å². The van der Waals surface area contributed by atoms with Gasteiger partial charge in [0.1, 0.15) is 0 Å². The van der Waals surface area contributed by atoms with Crippen molar-refractivity contribution in [1.29, 1.82) is 0 Å². The van der Waals surface area contributed by atoms with Crippen LogP contribution in [0.2, 0.25) is 0 Å².